The minimum absolute atomic E-state index is 0.0721. The van der Waals surface area contributed by atoms with E-state index in [9.17, 15) is 29.2 Å². The smallest absolute Gasteiger partial charge is 0.338 e. The highest BCUT2D eigenvalue weighted by molar-refractivity contribution is 7.98. The summed E-state index contributed by atoms with van der Waals surface area (Å²) in [7, 11) is 1.79. The molecule has 17 heteroatoms. The first-order valence-electron chi connectivity index (χ1n) is 19.9. The number of ether oxygens (including phenoxy) is 1. The minimum Gasteiger partial charge on any atom is -0.377 e. The summed E-state index contributed by atoms with van der Waals surface area (Å²) in [5, 5.41) is 20.4. The highest BCUT2D eigenvalue weighted by atomic mass is 35.5. The van der Waals surface area contributed by atoms with Crippen LogP contribution in [0.2, 0.25) is 5.02 Å². The summed E-state index contributed by atoms with van der Waals surface area (Å²) >= 11 is 7.24. The molecule has 15 nitrogen and oxygen atoms in total. The Morgan fingerprint density at radius 1 is 1.07 bits per heavy atom. The maximum atomic E-state index is 13.7. The summed E-state index contributed by atoms with van der Waals surface area (Å²) < 4.78 is 9.26. The first-order chi connectivity index (χ1) is 27.7. The van der Waals surface area contributed by atoms with Gasteiger partial charge in [0.15, 0.2) is 0 Å². The van der Waals surface area contributed by atoms with Crippen molar-refractivity contribution in [3.8, 4) is 6.07 Å². The second kappa shape index (κ2) is 17.0. The van der Waals surface area contributed by atoms with Gasteiger partial charge in [0, 0.05) is 61.5 Å². The van der Waals surface area contributed by atoms with Gasteiger partial charge in [-0.05, 0) is 96.0 Å². The summed E-state index contributed by atoms with van der Waals surface area (Å²) in [6.45, 7) is 11.0. The Kier molecular flexibility index (Phi) is 12.2. The number of imide groups is 2. The number of hydrogen-bond donors (Lipinski definition) is 2. The zero-order valence-electron chi connectivity index (χ0n) is 33.5. The predicted octanol–water partition coefficient (Wildman–Crippen LogP) is 5.03. The molecule has 0 radical (unpaired) electrons. The summed E-state index contributed by atoms with van der Waals surface area (Å²) in [5.41, 5.74) is 1.29. The summed E-state index contributed by atoms with van der Waals surface area (Å²) in [6, 6.07) is 12.3. The monoisotopic (exact) mass is 831 g/mol. The van der Waals surface area contributed by atoms with E-state index < -0.39 is 11.5 Å². The Balaban J connectivity index is 0.865. The number of benzene rings is 2. The summed E-state index contributed by atoms with van der Waals surface area (Å²) in [4.78, 5) is 71.9. The lowest BCUT2D eigenvalue weighted by molar-refractivity contribution is -0.134. The Bertz CT molecular complexity index is 2150. The van der Waals surface area contributed by atoms with Crippen LogP contribution in [0.4, 0.5) is 10.5 Å². The highest BCUT2D eigenvalue weighted by Crippen LogP contribution is 2.41. The molecule has 3 aromatic rings. The van der Waals surface area contributed by atoms with Gasteiger partial charge < -0.3 is 15.0 Å². The van der Waals surface area contributed by atoms with E-state index in [4.69, 9.17) is 16.3 Å². The van der Waals surface area contributed by atoms with Crippen LogP contribution in [0.1, 0.15) is 83.4 Å². The van der Waals surface area contributed by atoms with E-state index in [2.05, 4.69) is 39.4 Å². The normalized spacial score (nSPS) is 25.6. The van der Waals surface area contributed by atoms with E-state index in [1.165, 1.54) is 4.31 Å². The summed E-state index contributed by atoms with van der Waals surface area (Å²) in [5.74, 6) is -1.57. The van der Waals surface area contributed by atoms with Crippen molar-refractivity contribution in [1.82, 2.24) is 34.1 Å². The number of piperazine rings is 1. The molecule has 58 heavy (non-hydrogen) atoms. The maximum absolute atomic E-state index is 13.7. The number of rotatable bonds is 11. The molecule has 4 heterocycles. The molecule has 3 saturated heterocycles. The molecular formula is C41H50ClN9O6S. The van der Waals surface area contributed by atoms with Gasteiger partial charge in [-0.25, -0.2) is 4.79 Å². The lowest BCUT2D eigenvalue weighted by Crippen LogP contribution is -2.58. The third kappa shape index (κ3) is 8.33. The van der Waals surface area contributed by atoms with Crippen molar-refractivity contribution in [2.24, 2.45) is 7.05 Å². The third-order valence-corrected chi connectivity index (χ3v) is 13.2. The fraction of sp³-hybridized carbons (Fsp3) is 0.537. The average molecular weight is 832 g/mol. The number of amides is 6. The van der Waals surface area contributed by atoms with Gasteiger partial charge in [0.1, 0.15) is 11.6 Å². The highest BCUT2D eigenvalue weighted by Gasteiger charge is 2.54. The standard InChI is InChI=1S/C41H50ClN9O6S/c1-24-21-48(22-25(2)49(24)23-35(53)44-33-8-6-7-30-36(46-47(5)37(30)33)31-15-16-34(52)45-38(31)54)17-18-57-28-12-10-27(11-13-28)50-40(56)51(39(55)41(50,3)4)58-29-14-9-26(20-43)32(42)19-29/h6-9,14,19,24-25,27-28,31H,10-13,15-18,21-23H2,1-5H3,(H,44,53)(H,45,52,54)/t24-,25+,27?,28?,31?. The van der Waals surface area contributed by atoms with Crippen LogP contribution in [0.25, 0.3) is 10.9 Å². The van der Waals surface area contributed by atoms with E-state index >= 15 is 0 Å². The van der Waals surface area contributed by atoms with Crippen LogP contribution in [-0.4, -0.2) is 121 Å². The number of carbonyl (C=O) groups excluding carboxylic acids is 5. The maximum Gasteiger partial charge on any atom is 0.338 e. The molecule has 1 unspecified atom stereocenters. The quantitative estimate of drug-likeness (QED) is 0.151. The number of nitriles is 1. The van der Waals surface area contributed by atoms with Crippen molar-refractivity contribution in [2.75, 3.05) is 38.1 Å². The number of nitrogens with zero attached hydrogens (tertiary/aromatic N) is 7. The number of para-hydroxylation sites is 1. The van der Waals surface area contributed by atoms with Gasteiger partial charge in [-0.3, -0.25) is 39.0 Å². The molecule has 0 spiro atoms. The van der Waals surface area contributed by atoms with Gasteiger partial charge in [-0.1, -0.05) is 23.7 Å². The molecular weight excluding hydrogens is 782 g/mol. The molecule has 3 atom stereocenters. The molecule has 3 aliphatic heterocycles. The van der Waals surface area contributed by atoms with Gasteiger partial charge in [-0.2, -0.15) is 14.7 Å². The molecule has 4 aliphatic rings. The van der Waals surface area contributed by atoms with Gasteiger partial charge in [0.05, 0.1) is 52.7 Å². The van der Waals surface area contributed by atoms with Crippen molar-refractivity contribution in [3.05, 3.63) is 52.7 Å². The molecule has 1 saturated carbocycles. The molecule has 4 fully saturated rings. The molecule has 7 rings (SSSR count). The van der Waals surface area contributed by atoms with E-state index in [0.29, 0.717) is 34.9 Å². The molecule has 2 N–H and O–H groups in total. The number of nitrogens with one attached hydrogen (secondary N) is 2. The Morgan fingerprint density at radius 2 is 1.79 bits per heavy atom. The molecule has 1 aliphatic carbocycles. The Hall–Kier alpha value is -4.53. The number of carbonyl (C=O) groups is 5. The van der Waals surface area contributed by atoms with E-state index in [0.717, 1.165) is 68.2 Å². The predicted molar refractivity (Wildman–Crippen MR) is 219 cm³/mol. The number of urea groups is 1. The van der Waals surface area contributed by atoms with Crippen LogP contribution in [0.3, 0.4) is 0 Å². The number of hydrogen-bond acceptors (Lipinski definition) is 11. The van der Waals surface area contributed by atoms with E-state index in [1.54, 1.807) is 48.7 Å². The van der Waals surface area contributed by atoms with Crippen molar-refractivity contribution < 1.29 is 28.7 Å². The largest absolute Gasteiger partial charge is 0.377 e. The van der Waals surface area contributed by atoms with E-state index in [1.807, 2.05) is 24.3 Å². The molecule has 0 bridgehead atoms. The minimum atomic E-state index is -0.994. The van der Waals surface area contributed by atoms with E-state index in [-0.39, 0.29) is 71.9 Å². The van der Waals surface area contributed by atoms with Crippen molar-refractivity contribution in [1.29, 1.82) is 5.26 Å². The van der Waals surface area contributed by atoms with Gasteiger partial charge in [-0.15, -0.1) is 0 Å². The van der Waals surface area contributed by atoms with Gasteiger partial charge >= 0.3 is 6.03 Å². The second-order valence-electron chi connectivity index (χ2n) is 16.3. The van der Waals surface area contributed by atoms with Crippen LogP contribution in [0.15, 0.2) is 41.3 Å². The van der Waals surface area contributed by atoms with Crippen molar-refractivity contribution in [2.45, 2.75) is 107 Å². The van der Waals surface area contributed by atoms with Gasteiger partial charge in [0.2, 0.25) is 17.7 Å². The lowest BCUT2D eigenvalue weighted by Gasteiger charge is -2.44. The fourth-order valence-corrected chi connectivity index (χ4v) is 10.3. The van der Waals surface area contributed by atoms with Crippen LogP contribution in [-0.2, 0) is 31.0 Å². The summed E-state index contributed by atoms with van der Waals surface area (Å²) in [6.07, 6.45) is 3.78. The number of aromatic nitrogens is 2. The third-order valence-electron chi connectivity index (χ3n) is 12.0. The first kappa shape index (κ1) is 41.6. The molecule has 2 aromatic carbocycles. The van der Waals surface area contributed by atoms with Gasteiger partial charge in [0.25, 0.3) is 5.91 Å². The topological polar surface area (TPSA) is 173 Å². The average Bonchev–Trinajstić information content (AvgIpc) is 3.59. The number of piperidine rings is 1. The number of halogens is 1. The van der Waals surface area contributed by atoms with Crippen LogP contribution in [0, 0.1) is 11.3 Å². The van der Waals surface area contributed by atoms with Crippen LogP contribution in [0.5, 0.6) is 0 Å². The first-order valence-corrected chi connectivity index (χ1v) is 21.1. The fourth-order valence-electron chi connectivity index (χ4n) is 9.03. The molecule has 308 valence electrons. The SMILES string of the molecule is C[C@@H]1CN(CCOC2CCC(N3C(=O)N(Sc4ccc(C#N)c(Cl)c4)C(=O)C3(C)C)CC2)C[C@H](C)N1CC(=O)Nc1cccc2c(C3CCC(=O)NC3=O)nn(C)c12. The number of aryl methyl sites for hydroxylation is 1. The van der Waals surface area contributed by atoms with Crippen molar-refractivity contribution >= 4 is 69.8 Å². The lowest BCUT2D eigenvalue weighted by atomic mass is 9.89. The number of anilines is 1. The Labute approximate surface area is 347 Å². The van der Waals surface area contributed by atoms with Crippen molar-refractivity contribution in [3.63, 3.8) is 0 Å². The van der Waals surface area contributed by atoms with Crippen LogP contribution >= 0.6 is 23.5 Å². The zero-order chi connectivity index (χ0) is 41.5. The van der Waals surface area contributed by atoms with Crippen LogP contribution < -0.4 is 10.6 Å². The zero-order valence-corrected chi connectivity index (χ0v) is 35.1. The molecule has 6 amide bonds. The molecule has 1 aromatic heterocycles. The Morgan fingerprint density at radius 3 is 2.47 bits per heavy atom. The number of fused-ring (bicyclic) bond motifs is 1. The second-order valence-corrected chi connectivity index (χ2v) is 17.8.